The Balaban J connectivity index is 2.55. The van der Waals surface area contributed by atoms with Crippen molar-refractivity contribution in [3.05, 3.63) is 29.3 Å². The van der Waals surface area contributed by atoms with Crippen LogP contribution in [0.1, 0.15) is 38.9 Å². The fourth-order valence-corrected chi connectivity index (χ4v) is 1.78. The van der Waals surface area contributed by atoms with E-state index >= 15 is 0 Å². The van der Waals surface area contributed by atoms with E-state index in [9.17, 15) is 28.9 Å². The van der Waals surface area contributed by atoms with E-state index in [1.165, 1.54) is 0 Å². The van der Waals surface area contributed by atoms with Crippen molar-refractivity contribution in [3.63, 3.8) is 0 Å². The van der Waals surface area contributed by atoms with Crippen LogP contribution in [-0.2, 0) is 4.74 Å². The lowest BCUT2D eigenvalue weighted by molar-refractivity contribution is 0.0120. The summed E-state index contributed by atoms with van der Waals surface area (Å²) in [5.74, 6) is -3.72. The van der Waals surface area contributed by atoms with E-state index in [4.69, 9.17) is 4.74 Å². The van der Waals surface area contributed by atoms with Crippen LogP contribution in [0.15, 0.2) is 12.1 Å². The number of alkyl carbamates (subject to hydrolysis) is 1. The minimum absolute atomic E-state index is 0.00278. The smallest absolute Gasteiger partial charge is 0.407 e. The molecule has 2 unspecified atom stereocenters. The molecule has 8 heteroatoms. The van der Waals surface area contributed by atoms with E-state index in [1.54, 1.807) is 20.8 Å². The molecule has 0 bridgehead atoms. The number of benzene rings is 1. The van der Waals surface area contributed by atoms with Gasteiger partial charge in [-0.05, 0) is 44.9 Å². The van der Waals surface area contributed by atoms with Crippen molar-refractivity contribution in [3.8, 4) is 5.75 Å². The second-order valence-electron chi connectivity index (χ2n) is 6.07. The van der Waals surface area contributed by atoms with Gasteiger partial charge in [-0.25, -0.2) is 9.18 Å². The van der Waals surface area contributed by atoms with Gasteiger partial charge in [0.2, 0.25) is 0 Å². The lowest BCUT2D eigenvalue weighted by atomic mass is 10.0. The number of phenols is 1. The molecule has 1 amide bonds. The minimum atomic E-state index is -1.54. The van der Waals surface area contributed by atoms with Crippen LogP contribution in [0.4, 0.5) is 13.6 Å². The van der Waals surface area contributed by atoms with Gasteiger partial charge in [0, 0.05) is 6.54 Å². The van der Waals surface area contributed by atoms with Gasteiger partial charge in [0.05, 0.1) is 6.10 Å². The van der Waals surface area contributed by atoms with Crippen LogP contribution in [0.5, 0.6) is 5.75 Å². The van der Waals surface area contributed by atoms with Crippen LogP contribution in [0, 0.1) is 11.6 Å². The van der Waals surface area contributed by atoms with E-state index in [0.29, 0.717) is 6.07 Å². The molecule has 0 aliphatic rings. The number of halogens is 2. The van der Waals surface area contributed by atoms with Crippen LogP contribution >= 0.6 is 0 Å². The highest BCUT2D eigenvalue weighted by atomic mass is 19.2. The number of hydrogen-bond donors (Lipinski definition) is 4. The van der Waals surface area contributed by atoms with E-state index < -0.39 is 41.3 Å². The Morgan fingerprint density at radius 3 is 2.43 bits per heavy atom. The molecule has 0 heterocycles. The first kappa shape index (κ1) is 19.1. The van der Waals surface area contributed by atoms with Gasteiger partial charge < -0.3 is 25.4 Å². The Bertz CT molecular complexity index is 536. The summed E-state index contributed by atoms with van der Waals surface area (Å²) >= 11 is 0. The molecule has 0 aliphatic heterocycles. The number of phenolic OH excluding ortho intramolecular Hbond substituents is 1. The number of hydrogen-bond acceptors (Lipinski definition) is 5. The van der Waals surface area contributed by atoms with Crippen molar-refractivity contribution < 1.29 is 33.6 Å². The summed E-state index contributed by atoms with van der Waals surface area (Å²) < 4.78 is 31.1. The lowest BCUT2D eigenvalue weighted by Crippen LogP contribution is -2.34. The largest absolute Gasteiger partial charge is 0.505 e. The van der Waals surface area contributed by atoms with Crippen molar-refractivity contribution in [2.45, 2.75) is 45.0 Å². The standard InChI is InChI=1S/C15H21F2NO5/c1-15(2,3)23-14(22)18-5-4-10(19)13(21)8-6-9(16)12(17)11(20)7-8/h6-7,10,13,19-21H,4-5H2,1-3H3,(H,18,22). The Labute approximate surface area is 132 Å². The lowest BCUT2D eigenvalue weighted by Gasteiger charge is -2.21. The Kier molecular flexibility index (Phi) is 6.28. The maximum Gasteiger partial charge on any atom is 0.407 e. The molecule has 0 saturated heterocycles. The zero-order valence-corrected chi connectivity index (χ0v) is 13.1. The van der Waals surface area contributed by atoms with Crippen molar-refractivity contribution in [2.24, 2.45) is 0 Å². The molecule has 0 aromatic heterocycles. The molecule has 1 aromatic rings. The first-order valence-corrected chi connectivity index (χ1v) is 7.02. The molecular weight excluding hydrogens is 312 g/mol. The second kappa shape index (κ2) is 7.56. The summed E-state index contributed by atoms with van der Waals surface area (Å²) in [6.07, 6.45) is -3.63. The molecule has 6 nitrogen and oxygen atoms in total. The first-order chi connectivity index (χ1) is 10.5. The van der Waals surface area contributed by atoms with Gasteiger partial charge >= 0.3 is 6.09 Å². The highest BCUT2D eigenvalue weighted by molar-refractivity contribution is 5.67. The van der Waals surface area contributed by atoms with E-state index in [2.05, 4.69) is 5.32 Å². The average molecular weight is 333 g/mol. The molecule has 0 saturated carbocycles. The monoisotopic (exact) mass is 333 g/mol. The number of rotatable bonds is 5. The minimum Gasteiger partial charge on any atom is -0.505 e. The third-order valence-corrected chi connectivity index (χ3v) is 2.85. The molecule has 4 N–H and O–H groups in total. The molecule has 0 fully saturated rings. The average Bonchev–Trinajstić information content (AvgIpc) is 2.41. The third-order valence-electron chi connectivity index (χ3n) is 2.85. The summed E-state index contributed by atoms with van der Waals surface area (Å²) in [5, 5.41) is 31.3. The molecule has 0 radical (unpaired) electrons. The summed E-state index contributed by atoms with van der Waals surface area (Å²) in [5.41, 5.74) is -0.836. The van der Waals surface area contributed by atoms with Gasteiger partial charge in [-0.3, -0.25) is 0 Å². The van der Waals surface area contributed by atoms with Gasteiger partial charge in [-0.15, -0.1) is 0 Å². The molecule has 2 atom stereocenters. The fourth-order valence-electron chi connectivity index (χ4n) is 1.78. The van der Waals surface area contributed by atoms with Gasteiger partial charge in [0.15, 0.2) is 17.4 Å². The van der Waals surface area contributed by atoms with E-state index in [1.807, 2.05) is 0 Å². The summed E-state index contributed by atoms with van der Waals surface area (Å²) in [7, 11) is 0. The second-order valence-corrected chi connectivity index (χ2v) is 6.07. The third kappa shape index (κ3) is 5.99. The molecule has 1 aromatic carbocycles. The van der Waals surface area contributed by atoms with Crippen molar-refractivity contribution >= 4 is 6.09 Å². The summed E-state index contributed by atoms with van der Waals surface area (Å²) in [6.45, 7) is 5.09. The summed E-state index contributed by atoms with van der Waals surface area (Å²) in [4.78, 5) is 11.4. The Morgan fingerprint density at radius 2 is 1.91 bits per heavy atom. The highest BCUT2D eigenvalue weighted by Gasteiger charge is 2.22. The maximum atomic E-state index is 13.2. The van der Waals surface area contributed by atoms with E-state index in [0.717, 1.165) is 6.07 Å². The van der Waals surface area contributed by atoms with Gasteiger partial charge in [-0.1, -0.05) is 0 Å². The predicted octanol–water partition coefficient (Wildman–Crippen LogP) is 1.98. The molecule has 0 aliphatic carbocycles. The molecule has 0 spiro atoms. The number of carbonyl (C=O) groups is 1. The van der Waals surface area contributed by atoms with Crippen molar-refractivity contribution in [1.29, 1.82) is 0 Å². The van der Waals surface area contributed by atoms with E-state index in [-0.39, 0.29) is 18.5 Å². The first-order valence-electron chi connectivity index (χ1n) is 7.02. The van der Waals surface area contributed by atoms with Crippen molar-refractivity contribution in [2.75, 3.05) is 6.54 Å². The Hall–Kier alpha value is -1.93. The topological polar surface area (TPSA) is 99.0 Å². The molecule has 23 heavy (non-hydrogen) atoms. The van der Waals surface area contributed by atoms with Crippen LogP contribution in [0.25, 0.3) is 0 Å². The summed E-state index contributed by atoms with van der Waals surface area (Å²) in [6, 6.07) is 1.51. The Morgan fingerprint density at radius 1 is 1.30 bits per heavy atom. The normalized spacial score (nSPS) is 14.2. The zero-order valence-electron chi connectivity index (χ0n) is 13.1. The number of carbonyl (C=O) groups excluding carboxylic acids is 1. The van der Waals surface area contributed by atoms with Crippen LogP contribution in [0.3, 0.4) is 0 Å². The maximum absolute atomic E-state index is 13.2. The highest BCUT2D eigenvalue weighted by Crippen LogP contribution is 2.26. The number of amides is 1. The van der Waals surface area contributed by atoms with Crippen LogP contribution < -0.4 is 5.32 Å². The van der Waals surface area contributed by atoms with Gasteiger partial charge in [0.25, 0.3) is 0 Å². The number of aliphatic hydroxyl groups excluding tert-OH is 2. The zero-order chi connectivity index (χ0) is 17.8. The van der Waals surface area contributed by atoms with Gasteiger partial charge in [0.1, 0.15) is 11.7 Å². The van der Waals surface area contributed by atoms with Gasteiger partial charge in [-0.2, -0.15) is 4.39 Å². The quantitative estimate of drug-likeness (QED) is 0.660. The SMILES string of the molecule is CC(C)(C)OC(=O)NCCC(O)C(O)c1cc(O)c(F)c(F)c1. The fraction of sp³-hybridized carbons (Fsp3) is 0.533. The number of ether oxygens (including phenoxy) is 1. The number of nitrogens with one attached hydrogen (secondary N) is 1. The molecule has 1 rings (SSSR count). The predicted molar refractivity (Wildman–Crippen MR) is 77.8 cm³/mol. The number of aromatic hydroxyl groups is 1. The molecular formula is C15H21F2NO5. The van der Waals surface area contributed by atoms with Crippen LogP contribution in [0.2, 0.25) is 0 Å². The molecule has 130 valence electrons. The number of aliphatic hydroxyl groups is 2. The van der Waals surface area contributed by atoms with Crippen LogP contribution in [-0.4, -0.2) is 39.7 Å². The van der Waals surface area contributed by atoms with Crippen molar-refractivity contribution in [1.82, 2.24) is 5.32 Å².